The number of Topliss-reactive ketones (excluding diaryl/α,β-unsaturated/α-hetero) is 1. The maximum absolute atomic E-state index is 12.7. The first-order valence-corrected chi connectivity index (χ1v) is 9.19. The molecule has 0 bridgehead atoms. The number of nitrogens with one attached hydrogen (secondary N) is 1. The highest BCUT2D eigenvalue weighted by Crippen LogP contribution is 2.45. The highest BCUT2D eigenvalue weighted by Gasteiger charge is 2.40. The van der Waals surface area contributed by atoms with E-state index in [1.54, 1.807) is 49.8 Å². The van der Waals surface area contributed by atoms with Crippen LogP contribution in [-0.4, -0.2) is 41.7 Å². The van der Waals surface area contributed by atoms with Crippen molar-refractivity contribution in [3.63, 3.8) is 0 Å². The Labute approximate surface area is 168 Å². The lowest BCUT2D eigenvalue weighted by Gasteiger charge is -2.29. The summed E-state index contributed by atoms with van der Waals surface area (Å²) >= 11 is 0. The molecule has 1 aliphatic rings. The summed E-state index contributed by atoms with van der Waals surface area (Å²) in [5.74, 6) is -1.36. The summed E-state index contributed by atoms with van der Waals surface area (Å²) in [5, 5.41) is 7.56. The third-order valence-corrected chi connectivity index (χ3v) is 5.04. The van der Waals surface area contributed by atoms with Crippen molar-refractivity contribution >= 4 is 23.5 Å². The first-order valence-electron chi connectivity index (χ1n) is 9.19. The second-order valence-electron chi connectivity index (χ2n) is 6.68. The van der Waals surface area contributed by atoms with Gasteiger partial charge >= 0.3 is 11.9 Å². The van der Waals surface area contributed by atoms with Gasteiger partial charge in [0.15, 0.2) is 5.78 Å². The van der Waals surface area contributed by atoms with Crippen molar-refractivity contribution in [2.75, 3.05) is 19.5 Å². The molecule has 0 amide bonds. The number of carbonyl (C=O) groups excluding carboxylic acids is 3. The number of methoxy groups -OCH3 is 2. The topological polar surface area (TPSA) is 99.5 Å². The number of esters is 2. The van der Waals surface area contributed by atoms with Gasteiger partial charge in [0.1, 0.15) is 11.5 Å². The highest BCUT2D eigenvalue weighted by molar-refractivity contribution is 6.02. The summed E-state index contributed by atoms with van der Waals surface area (Å²) in [6.45, 7) is 3.50. The first kappa shape index (κ1) is 20.3. The Morgan fingerprint density at radius 3 is 2.41 bits per heavy atom. The lowest BCUT2D eigenvalue weighted by molar-refractivity contribution is -0.136. The maximum atomic E-state index is 12.7. The van der Waals surface area contributed by atoms with Gasteiger partial charge in [-0.1, -0.05) is 25.1 Å². The van der Waals surface area contributed by atoms with E-state index in [0.29, 0.717) is 33.8 Å². The number of anilines is 1. The second kappa shape index (κ2) is 7.90. The van der Waals surface area contributed by atoms with Crippen LogP contribution in [0.2, 0.25) is 0 Å². The van der Waals surface area contributed by atoms with E-state index in [1.807, 2.05) is 0 Å². The number of hydrogen-bond donors (Lipinski definition) is 1. The van der Waals surface area contributed by atoms with Gasteiger partial charge in [-0.2, -0.15) is 5.10 Å². The molecule has 0 aliphatic carbocycles. The van der Waals surface area contributed by atoms with Crippen molar-refractivity contribution in [2.45, 2.75) is 26.2 Å². The average molecular weight is 397 g/mol. The number of benzene rings is 1. The van der Waals surface area contributed by atoms with Gasteiger partial charge in [-0.05, 0) is 18.6 Å². The normalized spacial score (nSPS) is 15.4. The Morgan fingerprint density at radius 1 is 1.14 bits per heavy atom. The molecule has 1 unspecified atom stereocenters. The smallest absolute Gasteiger partial charge is 0.338 e. The van der Waals surface area contributed by atoms with Gasteiger partial charge in [0.2, 0.25) is 0 Å². The van der Waals surface area contributed by atoms with E-state index >= 15 is 0 Å². The van der Waals surface area contributed by atoms with Crippen LogP contribution in [0.5, 0.6) is 0 Å². The van der Waals surface area contributed by atoms with E-state index in [4.69, 9.17) is 9.47 Å². The molecular weight excluding hydrogens is 374 g/mol. The zero-order valence-corrected chi connectivity index (χ0v) is 17.0. The molecule has 152 valence electrons. The number of fused-ring (bicyclic) bond motifs is 1. The summed E-state index contributed by atoms with van der Waals surface area (Å²) in [4.78, 5) is 37.8. The van der Waals surface area contributed by atoms with Crippen LogP contribution in [0.3, 0.4) is 0 Å². The molecule has 2 heterocycles. The number of ketones is 1. The Bertz CT molecular complexity index is 1030. The molecule has 0 fully saturated rings. The third kappa shape index (κ3) is 3.30. The van der Waals surface area contributed by atoms with Crippen LogP contribution in [0.15, 0.2) is 35.5 Å². The molecule has 1 N–H and O–H groups in total. The minimum atomic E-state index is -0.715. The zero-order chi connectivity index (χ0) is 21.3. The van der Waals surface area contributed by atoms with Crippen LogP contribution < -0.4 is 5.32 Å². The van der Waals surface area contributed by atoms with Gasteiger partial charge in [-0.25, -0.2) is 9.59 Å². The summed E-state index contributed by atoms with van der Waals surface area (Å²) in [6, 6.07) is 6.86. The highest BCUT2D eigenvalue weighted by atomic mass is 16.5. The monoisotopic (exact) mass is 397 g/mol. The van der Waals surface area contributed by atoms with Crippen LogP contribution >= 0.6 is 0 Å². The first-order chi connectivity index (χ1) is 13.8. The van der Waals surface area contributed by atoms with E-state index in [-0.39, 0.29) is 17.9 Å². The summed E-state index contributed by atoms with van der Waals surface area (Å²) in [5.41, 5.74) is 2.53. The lowest BCUT2D eigenvalue weighted by atomic mass is 9.79. The molecule has 0 radical (unpaired) electrons. The molecular formula is C21H23N3O5. The lowest BCUT2D eigenvalue weighted by Crippen LogP contribution is -2.26. The van der Waals surface area contributed by atoms with Crippen LogP contribution in [0, 0.1) is 0 Å². The van der Waals surface area contributed by atoms with Gasteiger partial charge in [-0.3, -0.25) is 9.48 Å². The molecule has 1 aromatic heterocycles. The third-order valence-electron chi connectivity index (χ3n) is 5.04. The summed E-state index contributed by atoms with van der Waals surface area (Å²) in [6.07, 6.45) is 0.255. The molecule has 0 spiro atoms. The van der Waals surface area contributed by atoms with Gasteiger partial charge < -0.3 is 14.8 Å². The van der Waals surface area contributed by atoms with E-state index < -0.39 is 17.9 Å². The fourth-order valence-corrected chi connectivity index (χ4v) is 3.68. The van der Waals surface area contributed by atoms with Crippen LogP contribution in [0.25, 0.3) is 0 Å². The molecule has 3 rings (SSSR count). The molecule has 29 heavy (non-hydrogen) atoms. The summed E-state index contributed by atoms with van der Waals surface area (Å²) in [7, 11) is 4.31. The number of carbonyl (C=O) groups is 3. The molecule has 0 saturated heterocycles. The van der Waals surface area contributed by atoms with Crippen molar-refractivity contribution in [3.05, 3.63) is 57.9 Å². The number of rotatable bonds is 5. The van der Waals surface area contributed by atoms with Gasteiger partial charge in [-0.15, -0.1) is 0 Å². The maximum Gasteiger partial charge on any atom is 0.338 e. The minimum absolute atomic E-state index is 0.159. The number of nitrogens with zero attached hydrogens (tertiary/aromatic N) is 2. The number of allylic oxidation sites excluding steroid dienone is 1. The van der Waals surface area contributed by atoms with Gasteiger partial charge in [0.05, 0.1) is 25.4 Å². The Kier molecular flexibility index (Phi) is 5.54. The predicted molar refractivity (Wildman–Crippen MR) is 106 cm³/mol. The molecule has 8 heteroatoms. The van der Waals surface area contributed by atoms with Crippen LogP contribution in [-0.2, 0) is 21.3 Å². The van der Waals surface area contributed by atoms with Crippen molar-refractivity contribution in [1.29, 1.82) is 0 Å². The predicted octanol–water partition coefficient (Wildman–Crippen LogP) is 2.80. The van der Waals surface area contributed by atoms with Gasteiger partial charge in [0, 0.05) is 30.6 Å². The minimum Gasteiger partial charge on any atom is -0.466 e. The van der Waals surface area contributed by atoms with Crippen molar-refractivity contribution in [3.8, 4) is 0 Å². The fraction of sp³-hybridized carbons (Fsp3) is 0.333. The van der Waals surface area contributed by atoms with Crippen molar-refractivity contribution < 1.29 is 23.9 Å². The molecule has 8 nitrogen and oxygen atoms in total. The average Bonchev–Trinajstić information content (AvgIpc) is 3.07. The van der Waals surface area contributed by atoms with E-state index in [2.05, 4.69) is 10.4 Å². The molecule has 2 aromatic rings. The van der Waals surface area contributed by atoms with Gasteiger partial charge in [0.25, 0.3) is 0 Å². The standard InChI is InChI=1S/C21H23N3O5/c1-6-14(25)18-17-16(12-9-7-8-10-13(12)20(26)28-4)15(21(27)29-5)11(2)22-19(17)24(3)23-18/h7-10,16,22H,6H2,1-5H3. The van der Waals surface area contributed by atoms with E-state index in [1.165, 1.54) is 14.2 Å². The van der Waals surface area contributed by atoms with Crippen molar-refractivity contribution in [2.24, 2.45) is 7.05 Å². The van der Waals surface area contributed by atoms with E-state index in [0.717, 1.165) is 0 Å². The molecule has 1 atom stereocenters. The molecule has 0 saturated carbocycles. The second-order valence-corrected chi connectivity index (χ2v) is 6.68. The molecule has 1 aromatic carbocycles. The number of hydrogen-bond acceptors (Lipinski definition) is 7. The number of ether oxygens (including phenoxy) is 2. The summed E-state index contributed by atoms with van der Waals surface area (Å²) < 4.78 is 11.5. The zero-order valence-electron chi connectivity index (χ0n) is 17.0. The largest absolute Gasteiger partial charge is 0.466 e. The van der Waals surface area contributed by atoms with Crippen molar-refractivity contribution in [1.82, 2.24) is 9.78 Å². The van der Waals surface area contributed by atoms with Crippen LogP contribution in [0.4, 0.5) is 5.82 Å². The Balaban J connectivity index is 2.38. The SMILES string of the molecule is CCC(=O)c1nn(C)c2c1C(c1ccccc1C(=O)OC)C(C(=O)OC)=C(C)N2. The molecule has 1 aliphatic heterocycles. The number of aryl methyl sites for hydroxylation is 1. The van der Waals surface area contributed by atoms with E-state index in [9.17, 15) is 14.4 Å². The Hall–Kier alpha value is -3.42. The van der Waals surface area contributed by atoms with Crippen LogP contribution in [0.1, 0.15) is 58.2 Å². The fourth-order valence-electron chi connectivity index (χ4n) is 3.68. The Morgan fingerprint density at radius 2 is 1.79 bits per heavy atom. The quantitative estimate of drug-likeness (QED) is 0.612. The number of aromatic nitrogens is 2.